The summed E-state index contributed by atoms with van der Waals surface area (Å²) >= 11 is 5.84. The van der Waals surface area contributed by atoms with Gasteiger partial charge < -0.3 is 5.32 Å². The molecule has 0 spiro atoms. The second-order valence-electron chi connectivity index (χ2n) is 6.15. The zero-order valence-corrected chi connectivity index (χ0v) is 12.4. The van der Waals surface area contributed by atoms with Crippen LogP contribution in [0, 0.1) is 17.8 Å². The molecule has 108 valence electrons. The highest BCUT2D eigenvalue weighted by Crippen LogP contribution is 2.42. The number of hydrogen-bond donors (Lipinski definition) is 1. The fraction of sp³-hybridized carbons (Fsp3) is 0.625. The number of rotatable bonds is 2. The zero-order valence-electron chi connectivity index (χ0n) is 11.6. The van der Waals surface area contributed by atoms with E-state index >= 15 is 0 Å². The van der Waals surface area contributed by atoms with Crippen LogP contribution in [0.25, 0.3) is 0 Å². The lowest BCUT2D eigenvalue weighted by molar-refractivity contribution is -0.122. The quantitative estimate of drug-likeness (QED) is 0.827. The van der Waals surface area contributed by atoms with Crippen molar-refractivity contribution in [2.75, 3.05) is 5.32 Å². The van der Waals surface area contributed by atoms with Gasteiger partial charge in [-0.05, 0) is 43.2 Å². The summed E-state index contributed by atoms with van der Waals surface area (Å²) in [5.74, 6) is 2.46. The Hall–Kier alpha value is -1.09. The van der Waals surface area contributed by atoms with Crippen LogP contribution in [0.4, 0.5) is 5.82 Å². The fourth-order valence-corrected chi connectivity index (χ4v) is 3.98. The molecule has 2 saturated carbocycles. The van der Waals surface area contributed by atoms with Crippen molar-refractivity contribution in [1.29, 1.82) is 0 Å². The number of nitrogens with zero attached hydrogens (tertiary/aromatic N) is 1. The number of carbonyl (C=O) groups excluding carboxylic acids is 1. The zero-order chi connectivity index (χ0) is 13.9. The second-order valence-corrected chi connectivity index (χ2v) is 6.54. The molecule has 3 rings (SSSR count). The number of aromatic nitrogens is 1. The van der Waals surface area contributed by atoms with Crippen molar-refractivity contribution in [3.63, 3.8) is 0 Å². The maximum absolute atomic E-state index is 12.4. The Morgan fingerprint density at radius 1 is 1.15 bits per heavy atom. The van der Waals surface area contributed by atoms with Gasteiger partial charge in [0.15, 0.2) is 0 Å². The lowest BCUT2D eigenvalue weighted by atomic mass is 9.67. The lowest BCUT2D eigenvalue weighted by Gasteiger charge is -2.38. The molecule has 0 aliphatic heterocycles. The van der Waals surface area contributed by atoms with E-state index in [1.54, 1.807) is 12.1 Å². The van der Waals surface area contributed by atoms with E-state index in [1.807, 2.05) is 6.07 Å². The van der Waals surface area contributed by atoms with Gasteiger partial charge in [-0.15, -0.1) is 0 Å². The average Bonchev–Trinajstić information content (AvgIpc) is 2.47. The molecule has 0 saturated heterocycles. The Morgan fingerprint density at radius 3 is 2.75 bits per heavy atom. The van der Waals surface area contributed by atoms with Crippen LogP contribution in [0.2, 0.25) is 5.15 Å². The third-order valence-electron chi connectivity index (χ3n) is 4.88. The van der Waals surface area contributed by atoms with Crippen LogP contribution in [0.5, 0.6) is 0 Å². The number of anilines is 1. The Labute approximate surface area is 125 Å². The molecule has 0 aromatic carbocycles. The summed E-state index contributed by atoms with van der Waals surface area (Å²) in [7, 11) is 0. The Balaban J connectivity index is 1.60. The summed E-state index contributed by atoms with van der Waals surface area (Å²) in [6.07, 6.45) is 8.69. The van der Waals surface area contributed by atoms with Gasteiger partial charge in [-0.3, -0.25) is 4.79 Å². The van der Waals surface area contributed by atoms with Gasteiger partial charge in [0, 0.05) is 5.92 Å². The van der Waals surface area contributed by atoms with Gasteiger partial charge >= 0.3 is 0 Å². The molecule has 0 radical (unpaired) electrons. The SMILES string of the molecule is O=C(Nc1cccc(Cl)n1)C1CCC2CCCCC2C1. The third kappa shape index (κ3) is 3.14. The van der Waals surface area contributed by atoms with E-state index < -0.39 is 0 Å². The Bertz CT molecular complexity index is 491. The molecule has 1 aromatic rings. The van der Waals surface area contributed by atoms with Crippen molar-refractivity contribution in [3.8, 4) is 0 Å². The summed E-state index contributed by atoms with van der Waals surface area (Å²) in [5, 5.41) is 3.33. The third-order valence-corrected chi connectivity index (χ3v) is 5.09. The largest absolute Gasteiger partial charge is 0.310 e. The first-order chi connectivity index (χ1) is 9.72. The first kappa shape index (κ1) is 13.9. The predicted octanol–water partition coefficient (Wildman–Crippen LogP) is 4.28. The Kier molecular flexibility index (Phi) is 4.25. The number of pyridine rings is 1. The first-order valence-electron chi connectivity index (χ1n) is 7.66. The summed E-state index contributed by atoms with van der Waals surface area (Å²) < 4.78 is 0. The highest BCUT2D eigenvalue weighted by atomic mass is 35.5. The van der Waals surface area contributed by atoms with Crippen LogP contribution in [-0.4, -0.2) is 10.9 Å². The molecule has 1 heterocycles. The smallest absolute Gasteiger partial charge is 0.228 e. The number of fused-ring (bicyclic) bond motifs is 1. The van der Waals surface area contributed by atoms with E-state index in [4.69, 9.17) is 11.6 Å². The van der Waals surface area contributed by atoms with Crippen LogP contribution < -0.4 is 5.32 Å². The van der Waals surface area contributed by atoms with Gasteiger partial charge in [0.2, 0.25) is 5.91 Å². The highest BCUT2D eigenvalue weighted by Gasteiger charge is 2.35. The monoisotopic (exact) mass is 292 g/mol. The van der Waals surface area contributed by atoms with Crippen LogP contribution in [0.15, 0.2) is 18.2 Å². The molecule has 1 amide bonds. The van der Waals surface area contributed by atoms with Crippen molar-refractivity contribution in [3.05, 3.63) is 23.4 Å². The number of halogens is 1. The highest BCUT2D eigenvalue weighted by molar-refractivity contribution is 6.29. The van der Waals surface area contributed by atoms with Crippen molar-refractivity contribution < 1.29 is 4.79 Å². The van der Waals surface area contributed by atoms with Crippen molar-refractivity contribution >= 4 is 23.3 Å². The lowest BCUT2D eigenvalue weighted by Crippen LogP contribution is -2.34. The van der Waals surface area contributed by atoms with Crippen LogP contribution in [0.3, 0.4) is 0 Å². The van der Waals surface area contributed by atoms with Gasteiger partial charge in [-0.1, -0.05) is 43.4 Å². The van der Waals surface area contributed by atoms with Gasteiger partial charge in [0.05, 0.1) is 0 Å². The number of hydrogen-bond acceptors (Lipinski definition) is 2. The molecule has 2 fully saturated rings. The molecular weight excluding hydrogens is 272 g/mol. The van der Waals surface area contributed by atoms with E-state index in [9.17, 15) is 4.79 Å². The van der Waals surface area contributed by atoms with E-state index in [-0.39, 0.29) is 11.8 Å². The van der Waals surface area contributed by atoms with E-state index in [0.29, 0.717) is 11.0 Å². The van der Waals surface area contributed by atoms with Crippen LogP contribution in [0.1, 0.15) is 44.9 Å². The minimum atomic E-state index is 0.115. The molecule has 2 aliphatic rings. The average molecular weight is 293 g/mol. The molecule has 1 N–H and O–H groups in total. The van der Waals surface area contributed by atoms with Gasteiger partial charge in [-0.2, -0.15) is 0 Å². The van der Waals surface area contributed by atoms with Gasteiger partial charge in [0.25, 0.3) is 0 Å². The molecule has 2 aliphatic carbocycles. The first-order valence-corrected chi connectivity index (χ1v) is 8.03. The van der Waals surface area contributed by atoms with Crippen molar-refractivity contribution in [2.24, 2.45) is 17.8 Å². The Morgan fingerprint density at radius 2 is 1.95 bits per heavy atom. The summed E-state index contributed by atoms with van der Waals surface area (Å²) in [6.45, 7) is 0. The summed E-state index contributed by atoms with van der Waals surface area (Å²) in [5.41, 5.74) is 0. The predicted molar refractivity (Wildman–Crippen MR) is 80.7 cm³/mol. The molecule has 1 aromatic heterocycles. The number of carbonyl (C=O) groups is 1. The fourth-order valence-electron chi connectivity index (χ4n) is 3.82. The minimum Gasteiger partial charge on any atom is -0.310 e. The van der Waals surface area contributed by atoms with Crippen LogP contribution >= 0.6 is 11.6 Å². The van der Waals surface area contributed by atoms with Crippen molar-refractivity contribution in [1.82, 2.24) is 4.98 Å². The van der Waals surface area contributed by atoms with Gasteiger partial charge in [0.1, 0.15) is 11.0 Å². The summed E-state index contributed by atoms with van der Waals surface area (Å²) in [4.78, 5) is 16.5. The molecule has 3 unspecified atom stereocenters. The second kappa shape index (κ2) is 6.13. The van der Waals surface area contributed by atoms with E-state index in [1.165, 1.54) is 32.1 Å². The summed E-state index contributed by atoms with van der Waals surface area (Å²) in [6, 6.07) is 5.31. The van der Waals surface area contributed by atoms with E-state index in [0.717, 1.165) is 24.7 Å². The molecule has 3 atom stereocenters. The number of amides is 1. The topological polar surface area (TPSA) is 42.0 Å². The van der Waals surface area contributed by atoms with Gasteiger partial charge in [-0.25, -0.2) is 4.98 Å². The minimum absolute atomic E-state index is 0.115. The maximum atomic E-state index is 12.4. The molecular formula is C16H21ClN2O. The molecule has 4 heteroatoms. The van der Waals surface area contributed by atoms with Crippen LogP contribution in [-0.2, 0) is 4.79 Å². The standard InChI is InChI=1S/C16H21ClN2O/c17-14-6-3-7-15(18-14)19-16(20)13-9-8-11-4-1-2-5-12(11)10-13/h3,6-7,11-13H,1-2,4-5,8-10H2,(H,18,19,20). The molecule has 0 bridgehead atoms. The van der Waals surface area contributed by atoms with E-state index in [2.05, 4.69) is 10.3 Å². The molecule has 20 heavy (non-hydrogen) atoms. The van der Waals surface area contributed by atoms with Crippen molar-refractivity contribution in [2.45, 2.75) is 44.9 Å². The maximum Gasteiger partial charge on any atom is 0.228 e. The number of nitrogens with one attached hydrogen (secondary N) is 1. The molecule has 3 nitrogen and oxygen atoms in total. The normalized spacial score (nSPS) is 29.6.